The van der Waals surface area contributed by atoms with Crippen molar-refractivity contribution in [1.82, 2.24) is 15.3 Å². The molecule has 0 saturated heterocycles. The van der Waals surface area contributed by atoms with Gasteiger partial charge in [-0.1, -0.05) is 0 Å². The topological polar surface area (TPSA) is 54.9 Å². The second kappa shape index (κ2) is 4.15. The monoisotopic (exact) mass is 229 g/mol. The number of aromatic nitrogens is 2. The molecule has 1 N–H and O–H groups in total. The van der Waals surface area contributed by atoms with Gasteiger partial charge >= 0.3 is 0 Å². The fraction of sp³-hybridized carbons (Fsp3) is 0.286. The zero-order valence-electron chi connectivity index (χ0n) is 6.54. The van der Waals surface area contributed by atoms with E-state index in [4.69, 9.17) is 0 Å². The molecule has 0 saturated carbocycles. The molecule has 0 unspecified atom stereocenters. The van der Waals surface area contributed by atoms with Gasteiger partial charge in [0.2, 0.25) is 5.82 Å². The third-order valence-electron chi connectivity index (χ3n) is 1.16. The minimum absolute atomic E-state index is 0.186. The van der Waals surface area contributed by atoms with E-state index < -0.39 is 0 Å². The lowest BCUT2D eigenvalue weighted by Gasteiger charge is -1.99. The lowest BCUT2D eigenvalue weighted by Crippen LogP contribution is -2.24. The standard InChI is InChI=1S/C7H8BrN3O/c1-2-9-7(12)6-10-4-3-5(8)11-6/h3-4H,2H2,1H3,(H,9,12). The number of rotatable bonds is 2. The van der Waals surface area contributed by atoms with Crippen LogP contribution in [0.25, 0.3) is 0 Å². The number of amides is 1. The molecule has 0 aliphatic rings. The minimum atomic E-state index is -0.251. The Morgan fingerprint density at radius 1 is 1.75 bits per heavy atom. The SMILES string of the molecule is CCNC(=O)c1nccc(Br)n1. The first kappa shape index (κ1) is 9.12. The fourth-order valence-electron chi connectivity index (χ4n) is 0.686. The van der Waals surface area contributed by atoms with Gasteiger partial charge in [-0.15, -0.1) is 0 Å². The minimum Gasteiger partial charge on any atom is -0.350 e. The highest BCUT2D eigenvalue weighted by Gasteiger charge is 2.06. The molecule has 0 bridgehead atoms. The first-order valence-corrected chi connectivity index (χ1v) is 4.30. The smallest absolute Gasteiger partial charge is 0.289 e. The van der Waals surface area contributed by atoms with Gasteiger partial charge < -0.3 is 5.32 Å². The molecule has 0 aliphatic heterocycles. The summed E-state index contributed by atoms with van der Waals surface area (Å²) in [6.45, 7) is 2.42. The van der Waals surface area contributed by atoms with Gasteiger partial charge in [-0.2, -0.15) is 0 Å². The summed E-state index contributed by atoms with van der Waals surface area (Å²) in [6, 6.07) is 1.67. The highest BCUT2D eigenvalue weighted by Crippen LogP contribution is 2.03. The van der Waals surface area contributed by atoms with Crippen molar-refractivity contribution in [2.24, 2.45) is 0 Å². The molecule has 12 heavy (non-hydrogen) atoms. The Labute approximate surface area is 78.5 Å². The number of nitrogens with zero attached hydrogens (tertiary/aromatic N) is 2. The predicted octanol–water partition coefficient (Wildman–Crippen LogP) is 0.989. The van der Waals surface area contributed by atoms with Crippen LogP contribution in [0.4, 0.5) is 0 Å². The van der Waals surface area contributed by atoms with Crippen LogP contribution in [-0.2, 0) is 0 Å². The molecule has 0 aromatic carbocycles. The molecule has 1 aromatic rings. The Bertz CT molecular complexity index is 290. The first-order chi connectivity index (χ1) is 5.74. The quantitative estimate of drug-likeness (QED) is 0.770. The zero-order chi connectivity index (χ0) is 8.97. The van der Waals surface area contributed by atoms with Crippen LogP contribution in [0.1, 0.15) is 17.5 Å². The number of nitrogens with one attached hydrogen (secondary N) is 1. The van der Waals surface area contributed by atoms with Crippen molar-refractivity contribution < 1.29 is 4.79 Å². The maximum absolute atomic E-state index is 11.1. The molecule has 64 valence electrons. The molecule has 0 aliphatic carbocycles. The van der Waals surface area contributed by atoms with E-state index in [1.54, 1.807) is 6.07 Å². The Morgan fingerprint density at radius 3 is 3.08 bits per heavy atom. The highest BCUT2D eigenvalue weighted by molar-refractivity contribution is 9.10. The van der Waals surface area contributed by atoms with E-state index in [-0.39, 0.29) is 11.7 Å². The zero-order valence-corrected chi connectivity index (χ0v) is 8.13. The number of carbonyl (C=O) groups is 1. The molecule has 1 aromatic heterocycles. The van der Waals surface area contributed by atoms with Gasteiger partial charge in [-0.05, 0) is 28.9 Å². The van der Waals surface area contributed by atoms with Gasteiger partial charge in [0.25, 0.3) is 5.91 Å². The second-order valence-corrected chi connectivity index (χ2v) is 2.87. The average molecular weight is 230 g/mol. The number of carbonyl (C=O) groups excluding carboxylic acids is 1. The van der Waals surface area contributed by atoms with Crippen molar-refractivity contribution in [3.8, 4) is 0 Å². The normalized spacial score (nSPS) is 9.50. The molecule has 1 rings (SSSR count). The maximum atomic E-state index is 11.1. The van der Waals surface area contributed by atoms with Gasteiger partial charge in [-0.25, -0.2) is 9.97 Å². The van der Waals surface area contributed by atoms with Crippen LogP contribution in [0, 0.1) is 0 Å². The van der Waals surface area contributed by atoms with Crippen molar-refractivity contribution in [3.05, 3.63) is 22.7 Å². The summed E-state index contributed by atoms with van der Waals surface area (Å²) in [5.74, 6) is -0.0648. The second-order valence-electron chi connectivity index (χ2n) is 2.06. The van der Waals surface area contributed by atoms with E-state index >= 15 is 0 Å². The van der Waals surface area contributed by atoms with Gasteiger partial charge in [0.15, 0.2) is 0 Å². The Morgan fingerprint density at radius 2 is 2.50 bits per heavy atom. The van der Waals surface area contributed by atoms with Gasteiger partial charge in [-0.3, -0.25) is 4.79 Å². The summed E-state index contributed by atoms with van der Waals surface area (Å²) in [5.41, 5.74) is 0. The van der Waals surface area contributed by atoms with Crippen LogP contribution < -0.4 is 5.32 Å². The molecular formula is C7H8BrN3O. The van der Waals surface area contributed by atoms with Crippen LogP contribution in [0.15, 0.2) is 16.9 Å². The summed E-state index contributed by atoms with van der Waals surface area (Å²) in [7, 11) is 0. The van der Waals surface area contributed by atoms with Crippen molar-refractivity contribution >= 4 is 21.8 Å². The first-order valence-electron chi connectivity index (χ1n) is 3.50. The van der Waals surface area contributed by atoms with E-state index in [0.29, 0.717) is 11.1 Å². The third-order valence-corrected chi connectivity index (χ3v) is 1.60. The molecule has 1 heterocycles. The van der Waals surface area contributed by atoms with Crippen LogP contribution in [0.3, 0.4) is 0 Å². The Hall–Kier alpha value is -0.970. The lowest BCUT2D eigenvalue weighted by atomic mass is 10.5. The maximum Gasteiger partial charge on any atom is 0.289 e. The van der Waals surface area contributed by atoms with Crippen molar-refractivity contribution in [2.75, 3.05) is 6.54 Å². The largest absolute Gasteiger partial charge is 0.350 e. The van der Waals surface area contributed by atoms with E-state index in [2.05, 4.69) is 31.2 Å². The summed E-state index contributed by atoms with van der Waals surface area (Å²) in [5, 5.41) is 2.60. The van der Waals surface area contributed by atoms with Crippen molar-refractivity contribution in [3.63, 3.8) is 0 Å². The molecule has 0 fully saturated rings. The number of halogens is 1. The average Bonchev–Trinajstić information content (AvgIpc) is 2.05. The fourth-order valence-corrected chi connectivity index (χ4v) is 0.972. The van der Waals surface area contributed by atoms with Crippen LogP contribution in [-0.4, -0.2) is 22.4 Å². The Balaban J connectivity index is 2.81. The van der Waals surface area contributed by atoms with Crippen LogP contribution in [0.2, 0.25) is 0 Å². The van der Waals surface area contributed by atoms with Crippen LogP contribution >= 0.6 is 15.9 Å². The van der Waals surface area contributed by atoms with E-state index in [9.17, 15) is 4.79 Å². The Kier molecular flexibility index (Phi) is 3.16. The molecular weight excluding hydrogens is 222 g/mol. The summed E-state index contributed by atoms with van der Waals surface area (Å²) < 4.78 is 0.610. The van der Waals surface area contributed by atoms with Crippen molar-refractivity contribution in [2.45, 2.75) is 6.92 Å². The summed E-state index contributed by atoms with van der Waals surface area (Å²) in [6.07, 6.45) is 1.53. The molecule has 0 atom stereocenters. The van der Waals surface area contributed by atoms with Crippen molar-refractivity contribution in [1.29, 1.82) is 0 Å². The molecule has 0 radical (unpaired) electrons. The number of hydrogen-bond acceptors (Lipinski definition) is 3. The predicted molar refractivity (Wildman–Crippen MR) is 47.7 cm³/mol. The number of hydrogen-bond donors (Lipinski definition) is 1. The van der Waals surface area contributed by atoms with Gasteiger partial charge in [0, 0.05) is 12.7 Å². The molecule has 4 nitrogen and oxygen atoms in total. The summed E-state index contributed by atoms with van der Waals surface area (Å²) >= 11 is 3.15. The van der Waals surface area contributed by atoms with E-state index in [0.717, 1.165) is 0 Å². The van der Waals surface area contributed by atoms with E-state index in [1.807, 2.05) is 6.92 Å². The molecule has 5 heteroatoms. The molecule has 0 spiro atoms. The lowest BCUT2D eigenvalue weighted by molar-refractivity contribution is 0.0945. The highest BCUT2D eigenvalue weighted by atomic mass is 79.9. The van der Waals surface area contributed by atoms with E-state index in [1.165, 1.54) is 6.20 Å². The molecule has 1 amide bonds. The summed E-state index contributed by atoms with van der Waals surface area (Å²) in [4.78, 5) is 18.8. The van der Waals surface area contributed by atoms with Gasteiger partial charge in [0.05, 0.1) is 0 Å². The van der Waals surface area contributed by atoms with Crippen LogP contribution in [0.5, 0.6) is 0 Å². The van der Waals surface area contributed by atoms with Gasteiger partial charge in [0.1, 0.15) is 4.60 Å². The third kappa shape index (κ3) is 2.27.